The molecule has 26 heavy (non-hydrogen) atoms. The molecule has 132 valence electrons. The van der Waals surface area contributed by atoms with Gasteiger partial charge in [0.1, 0.15) is 17.4 Å². The largest absolute Gasteiger partial charge is 0.469 e. The summed E-state index contributed by atoms with van der Waals surface area (Å²) in [5.74, 6) is 0.771. The molecule has 3 rings (SSSR count). The lowest BCUT2D eigenvalue weighted by molar-refractivity contribution is 0.132. The van der Waals surface area contributed by atoms with Gasteiger partial charge in [0.05, 0.1) is 18.0 Å². The number of benzene rings is 2. The van der Waals surface area contributed by atoms with E-state index in [2.05, 4.69) is 10.5 Å². The molecule has 0 aliphatic heterocycles. The van der Waals surface area contributed by atoms with Gasteiger partial charge in [0.25, 0.3) is 0 Å². The maximum Gasteiger partial charge on any atom is 0.142 e. The fraction of sp³-hybridized carbons (Fsp3) is 0.100. The monoisotopic (exact) mass is 384 g/mol. The number of anilines is 1. The van der Waals surface area contributed by atoms with Gasteiger partial charge in [0, 0.05) is 16.3 Å². The highest BCUT2D eigenvalue weighted by atomic mass is 35.5. The minimum Gasteiger partial charge on any atom is -0.469 e. The third-order valence-electron chi connectivity index (χ3n) is 3.70. The van der Waals surface area contributed by atoms with Crippen molar-refractivity contribution in [1.82, 2.24) is 0 Å². The zero-order chi connectivity index (χ0) is 18.4. The van der Waals surface area contributed by atoms with Crippen LogP contribution in [0.2, 0.25) is 5.02 Å². The number of aryl methyl sites for hydroxylation is 1. The van der Waals surface area contributed by atoms with Gasteiger partial charge in [-0.05, 0) is 36.8 Å². The van der Waals surface area contributed by atoms with Crippen molar-refractivity contribution in [1.29, 1.82) is 0 Å². The normalized spacial score (nSPS) is 10.8. The standard InChI is InChI=1S/C20H17ClN2O2S/c1-14-18(9-10-24-14)20(26)23-17-7-8-19(21)16(11-17)12-22-25-13-15-5-3-2-4-6-15/h2-12H,13H2,1H3,(H,23,26). The Bertz CT molecular complexity index is 923. The third-order valence-corrected chi connectivity index (χ3v) is 4.36. The molecule has 0 bridgehead atoms. The zero-order valence-electron chi connectivity index (χ0n) is 14.1. The number of nitrogens with one attached hydrogen (secondary N) is 1. The molecule has 6 heteroatoms. The predicted octanol–water partition coefficient (Wildman–Crippen LogP) is 5.58. The highest BCUT2D eigenvalue weighted by molar-refractivity contribution is 7.81. The van der Waals surface area contributed by atoms with Crippen molar-refractivity contribution in [3.05, 3.63) is 88.3 Å². The lowest BCUT2D eigenvalue weighted by Crippen LogP contribution is -2.10. The Morgan fingerprint density at radius 2 is 2.04 bits per heavy atom. The van der Waals surface area contributed by atoms with E-state index >= 15 is 0 Å². The number of nitrogens with zero attached hydrogens (tertiary/aromatic N) is 1. The first-order chi connectivity index (χ1) is 12.6. The van der Waals surface area contributed by atoms with E-state index in [1.165, 1.54) is 0 Å². The van der Waals surface area contributed by atoms with Crippen LogP contribution in [-0.2, 0) is 11.4 Å². The molecule has 0 atom stereocenters. The van der Waals surface area contributed by atoms with Crippen LogP contribution in [0.3, 0.4) is 0 Å². The highest BCUT2D eigenvalue weighted by Crippen LogP contribution is 2.21. The third kappa shape index (κ3) is 4.71. The van der Waals surface area contributed by atoms with E-state index in [9.17, 15) is 0 Å². The number of hydrogen-bond donors (Lipinski definition) is 1. The van der Waals surface area contributed by atoms with Gasteiger partial charge in [-0.2, -0.15) is 0 Å². The van der Waals surface area contributed by atoms with E-state index in [0.29, 0.717) is 16.6 Å². The maximum atomic E-state index is 6.23. The van der Waals surface area contributed by atoms with Crippen LogP contribution in [0.25, 0.3) is 0 Å². The molecule has 0 aliphatic carbocycles. The Labute approximate surface area is 162 Å². The molecule has 3 aromatic rings. The number of thiocarbonyl (C=S) groups is 1. The Hall–Kier alpha value is -2.63. The zero-order valence-corrected chi connectivity index (χ0v) is 15.7. The van der Waals surface area contributed by atoms with Gasteiger partial charge < -0.3 is 14.6 Å². The van der Waals surface area contributed by atoms with E-state index in [-0.39, 0.29) is 0 Å². The highest BCUT2D eigenvalue weighted by Gasteiger charge is 2.08. The SMILES string of the molecule is Cc1occc1C(=S)Nc1ccc(Cl)c(C=NOCc2ccccc2)c1. The summed E-state index contributed by atoms with van der Waals surface area (Å²) in [5, 5.41) is 7.75. The second-order valence-electron chi connectivity index (χ2n) is 5.57. The lowest BCUT2D eigenvalue weighted by atomic mass is 10.2. The molecule has 0 fully saturated rings. The second-order valence-corrected chi connectivity index (χ2v) is 6.39. The van der Waals surface area contributed by atoms with Crippen LogP contribution in [0.1, 0.15) is 22.5 Å². The quantitative estimate of drug-likeness (QED) is 0.342. The van der Waals surface area contributed by atoms with Gasteiger partial charge in [0.15, 0.2) is 0 Å². The van der Waals surface area contributed by atoms with E-state index < -0.39 is 0 Å². The first kappa shape index (κ1) is 18.2. The van der Waals surface area contributed by atoms with Gasteiger partial charge in [-0.25, -0.2) is 0 Å². The van der Waals surface area contributed by atoms with Gasteiger partial charge in [-0.3, -0.25) is 0 Å². The molecule has 0 radical (unpaired) electrons. The van der Waals surface area contributed by atoms with E-state index in [4.69, 9.17) is 33.1 Å². The molecule has 0 saturated heterocycles. The van der Waals surface area contributed by atoms with Crippen molar-refractivity contribution in [3.63, 3.8) is 0 Å². The molecular weight excluding hydrogens is 368 g/mol. The topological polar surface area (TPSA) is 46.8 Å². The molecule has 0 saturated carbocycles. The summed E-state index contributed by atoms with van der Waals surface area (Å²) in [6.07, 6.45) is 3.20. The summed E-state index contributed by atoms with van der Waals surface area (Å²) in [5.41, 5.74) is 3.45. The summed E-state index contributed by atoms with van der Waals surface area (Å²) in [7, 11) is 0. The number of hydrogen-bond acceptors (Lipinski definition) is 4. The van der Waals surface area contributed by atoms with Crippen LogP contribution < -0.4 is 5.32 Å². The lowest BCUT2D eigenvalue weighted by Gasteiger charge is -2.09. The number of halogens is 1. The number of rotatable bonds is 6. The first-order valence-corrected chi connectivity index (χ1v) is 8.76. The Morgan fingerprint density at radius 3 is 2.77 bits per heavy atom. The fourth-order valence-corrected chi connectivity index (χ4v) is 2.82. The van der Waals surface area contributed by atoms with Crippen molar-refractivity contribution in [2.75, 3.05) is 5.32 Å². The summed E-state index contributed by atoms with van der Waals surface area (Å²) >= 11 is 11.6. The molecule has 2 aromatic carbocycles. The van der Waals surface area contributed by atoms with Crippen LogP contribution in [-0.4, -0.2) is 11.2 Å². The van der Waals surface area contributed by atoms with Crippen LogP contribution in [0, 0.1) is 6.92 Å². The van der Waals surface area contributed by atoms with Gasteiger partial charge in [-0.15, -0.1) is 0 Å². The summed E-state index contributed by atoms with van der Waals surface area (Å²) in [6.45, 7) is 2.27. The van der Waals surface area contributed by atoms with Crippen molar-refractivity contribution in [2.24, 2.45) is 5.16 Å². The molecule has 0 spiro atoms. The average molecular weight is 385 g/mol. The van der Waals surface area contributed by atoms with Crippen LogP contribution >= 0.6 is 23.8 Å². The van der Waals surface area contributed by atoms with E-state index in [1.807, 2.05) is 55.5 Å². The first-order valence-electron chi connectivity index (χ1n) is 7.98. The minimum absolute atomic E-state index is 0.400. The smallest absolute Gasteiger partial charge is 0.142 e. The number of furan rings is 1. The molecule has 1 heterocycles. The van der Waals surface area contributed by atoms with Crippen LogP contribution in [0.5, 0.6) is 0 Å². The van der Waals surface area contributed by atoms with Gasteiger partial charge in [0.2, 0.25) is 0 Å². The van der Waals surface area contributed by atoms with Gasteiger partial charge in [-0.1, -0.05) is 59.3 Å². The summed E-state index contributed by atoms with van der Waals surface area (Å²) in [4.78, 5) is 5.91. The second kappa shape index (κ2) is 8.65. The Morgan fingerprint density at radius 1 is 1.23 bits per heavy atom. The Balaban J connectivity index is 1.64. The number of oxime groups is 1. The molecule has 4 nitrogen and oxygen atoms in total. The molecule has 0 aliphatic rings. The van der Waals surface area contributed by atoms with Crippen molar-refractivity contribution < 1.29 is 9.25 Å². The fourth-order valence-electron chi connectivity index (χ4n) is 2.32. The minimum atomic E-state index is 0.400. The van der Waals surface area contributed by atoms with E-state index in [0.717, 1.165) is 28.1 Å². The van der Waals surface area contributed by atoms with E-state index in [1.54, 1.807) is 18.5 Å². The predicted molar refractivity (Wildman–Crippen MR) is 109 cm³/mol. The molecular formula is C20H17ClN2O2S. The Kier molecular flexibility index (Phi) is 6.04. The molecule has 1 N–H and O–H groups in total. The van der Waals surface area contributed by atoms with Crippen LogP contribution in [0.4, 0.5) is 5.69 Å². The molecule has 0 amide bonds. The summed E-state index contributed by atoms with van der Waals surface area (Å²) < 4.78 is 5.28. The molecule has 1 aromatic heterocycles. The van der Waals surface area contributed by atoms with Crippen molar-refractivity contribution in [3.8, 4) is 0 Å². The maximum absolute atomic E-state index is 6.23. The van der Waals surface area contributed by atoms with Crippen molar-refractivity contribution in [2.45, 2.75) is 13.5 Å². The van der Waals surface area contributed by atoms with Crippen molar-refractivity contribution >= 4 is 40.7 Å². The van der Waals surface area contributed by atoms with Crippen LogP contribution in [0.15, 0.2) is 70.4 Å². The van der Waals surface area contributed by atoms with Gasteiger partial charge >= 0.3 is 0 Å². The average Bonchev–Trinajstić information content (AvgIpc) is 3.08. The molecule has 0 unspecified atom stereocenters. The summed E-state index contributed by atoms with van der Waals surface area (Å²) in [6, 6.07) is 17.2.